The first-order valence-electron chi connectivity index (χ1n) is 9.69. The van der Waals surface area contributed by atoms with Crippen molar-refractivity contribution >= 4 is 17.7 Å². The maximum Gasteiger partial charge on any atom is 0.245 e. The minimum Gasteiger partial charge on any atom is -0.344 e. The van der Waals surface area contributed by atoms with Crippen LogP contribution in [0.15, 0.2) is 0 Å². The maximum atomic E-state index is 12.9. The summed E-state index contributed by atoms with van der Waals surface area (Å²) in [5.41, 5.74) is 0. The van der Waals surface area contributed by atoms with Crippen LogP contribution in [0.2, 0.25) is 0 Å². The normalized spacial score (nSPS) is 16.6. The van der Waals surface area contributed by atoms with Crippen molar-refractivity contribution in [2.75, 3.05) is 26.2 Å². The molecule has 0 unspecified atom stereocenters. The number of piperidine rings is 1. The van der Waals surface area contributed by atoms with E-state index in [9.17, 15) is 14.4 Å². The fourth-order valence-corrected chi connectivity index (χ4v) is 3.42. The topological polar surface area (TPSA) is 69.7 Å². The zero-order chi connectivity index (χ0) is 19.0. The molecule has 1 atom stereocenters. The van der Waals surface area contributed by atoms with Gasteiger partial charge in [-0.3, -0.25) is 14.4 Å². The fourth-order valence-electron chi connectivity index (χ4n) is 3.42. The van der Waals surface area contributed by atoms with Crippen molar-refractivity contribution in [1.29, 1.82) is 0 Å². The Bertz CT molecular complexity index is 453. The summed E-state index contributed by atoms with van der Waals surface area (Å²) < 4.78 is 0. The summed E-state index contributed by atoms with van der Waals surface area (Å²) in [7, 11) is 0. The first-order chi connectivity index (χ1) is 11.8. The van der Waals surface area contributed by atoms with E-state index in [1.807, 2.05) is 39.5 Å². The van der Waals surface area contributed by atoms with E-state index < -0.39 is 6.04 Å². The second-order valence-corrected chi connectivity index (χ2v) is 7.23. The minimum atomic E-state index is -0.481. The Kier molecular flexibility index (Phi) is 8.93. The van der Waals surface area contributed by atoms with Gasteiger partial charge in [-0.25, -0.2) is 0 Å². The van der Waals surface area contributed by atoms with Crippen LogP contribution in [0.25, 0.3) is 0 Å². The Labute approximate surface area is 152 Å². The Balaban J connectivity index is 2.82. The molecule has 0 aliphatic carbocycles. The Morgan fingerprint density at radius 3 is 2.08 bits per heavy atom. The molecule has 0 aromatic carbocycles. The monoisotopic (exact) mass is 353 g/mol. The number of carbonyl (C=O) groups is 3. The lowest BCUT2D eigenvalue weighted by atomic mass is 9.88. The molecule has 144 valence electrons. The van der Waals surface area contributed by atoms with E-state index in [2.05, 4.69) is 5.32 Å². The number of hydrogen-bond donors (Lipinski definition) is 1. The van der Waals surface area contributed by atoms with Gasteiger partial charge in [-0.2, -0.15) is 0 Å². The second-order valence-electron chi connectivity index (χ2n) is 7.23. The molecule has 0 aromatic rings. The highest BCUT2D eigenvalue weighted by atomic mass is 16.2. The number of amides is 3. The molecule has 1 N–H and O–H groups in total. The van der Waals surface area contributed by atoms with E-state index in [0.717, 1.165) is 12.8 Å². The lowest BCUT2D eigenvalue weighted by Crippen LogP contribution is -2.54. The molecule has 1 rings (SSSR count). The number of nitrogens with zero attached hydrogens (tertiary/aromatic N) is 2. The minimum absolute atomic E-state index is 0.00220. The van der Waals surface area contributed by atoms with Crippen LogP contribution in [-0.4, -0.2) is 59.7 Å². The van der Waals surface area contributed by atoms with Crippen LogP contribution in [0.5, 0.6) is 0 Å². The number of likely N-dealkylation sites (N-methyl/N-ethyl adjacent to an activating group) is 1. The Morgan fingerprint density at radius 2 is 1.64 bits per heavy atom. The van der Waals surface area contributed by atoms with E-state index >= 15 is 0 Å². The van der Waals surface area contributed by atoms with Crippen molar-refractivity contribution in [2.45, 2.75) is 66.3 Å². The van der Waals surface area contributed by atoms with Gasteiger partial charge in [0, 0.05) is 39.0 Å². The van der Waals surface area contributed by atoms with Crippen LogP contribution in [0.3, 0.4) is 0 Å². The first kappa shape index (κ1) is 21.5. The quantitative estimate of drug-likeness (QED) is 0.726. The molecule has 1 saturated heterocycles. The number of nitrogens with one attached hydrogen (secondary N) is 1. The summed E-state index contributed by atoms with van der Waals surface area (Å²) in [6.45, 7) is 12.4. The van der Waals surface area contributed by atoms with Gasteiger partial charge in [0.1, 0.15) is 6.04 Å². The van der Waals surface area contributed by atoms with Gasteiger partial charge in [-0.1, -0.05) is 20.8 Å². The van der Waals surface area contributed by atoms with E-state index in [4.69, 9.17) is 0 Å². The van der Waals surface area contributed by atoms with Crippen molar-refractivity contribution in [2.24, 2.45) is 11.8 Å². The lowest BCUT2D eigenvalue weighted by Gasteiger charge is -2.37. The molecular weight excluding hydrogens is 318 g/mol. The summed E-state index contributed by atoms with van der Waals surface area (Å²) in [5, 5.41) is 2.99. The predicted octanol–water partition coefficient (Wildman–Crippen LogP) is 2.03. The number of hydrogen-bond acceptors (Lipinski definition) is 3. The number of likely N-dealkylation sites (tertiary alicyclic amines) is 1. The summed E-state index contributed by atoms with van der Waals surface area (Å²) in [4.78, 5) is 40.7. The van der Waals surface area contributed by atoms with Crippen LogP contribution < -0.4 is 5.32 Å². The smallest absolute Gasteiger partial charge is 0.245 e. The summed E-state index contributed by atoms with van der Waals surface area (Å²) in [5.74, 6) is 0.446. The third-order valence-corrected chi connectivity index (χ3v) is 4.92. The van der Waals surface area contributed by atoms with Crippen molar-refractivity contribution in [3.8, 4) is 0 Å². The van der Waals surface area contributed by atoms with Crippen LogP contribution in [0, 0.1) is 11.8 Å². The molecular formula is C19H35N3O3. The Morgan fingerprint density at radius 1 is 1.08 bits per heavy atom. The van der Waals surface area contributed by atoms with Crippen LogP contribution in [-0.2, 0) is 14.4 Å². The van der Waals surface area contributed by atoms with Crippen molar-refractivity contribution in [3.63, 3.8) is 0 Å². The zero-order valence-corrected chi connectivity index (χ0v) is 16.5. The maximum absolute atomic E-state index is 12.9. The average molecular weight is 354 g/mol. The first-order valence-corrected chi connectivity index (χ1v) is 9.69. The molecule has 3 amide bonds. The lowest BCUT2D eigenvalue weighted by molar-refractivity contribution is -0.139. The molecule has 6 heteroatoms. The molecule has 25 heavy (non-hydrogen) atoms. The van der Waals surface area contributed by atoms with Gasteiger partial charge in [-0.05, 0) is 38.5 Å². The molecule has 0 spiro atoms. The van der Waals surface area contributed by atoms with Gasteiger partial charge in [0.15, 0.2) is 0 Å². The molecule has 1 heterocycles. The van der Waals surface area contributed by atoms with Crippen LogP contribution >= 0.6 is 0 Å². The van der Waals surface area contributed by atoms with Crippen molar-refractivity contribution < 1.29 is 14.4 Å². The summed E-state index contributed by atoms with van der Waals surface area (Å²) >= 11 is 0. The van der Waals surface area contributed by atoms with Crippen molar-refractivity contribution in [3.05, 3.63) is 0 Å². The van der Waals surface area contributed by atoms with Gasteiger partial charge < -0.3 is 15.1 Å². The fraction of sp³-hybridized carbons (Fsp3) is 0.842. The predicted molar refractivity (Wildman–Crippen MR) is 98.9 cm³/mol. The average Bonchev–Trinajstić information content (AvgIpc) is 2.59. The van der Waals surface area contributed by atoms with Crippen molar-refractivity contribution in [1.82, 2.24) is 15.1 Å². The highest BCUT2D eigenvalue weighted by Crippen LogP contribution is 2.23. The molecule has 0 saturated carbocycles. The highest BCUT2D eigenvalue weighted by molar-refractivity contribution is 5.88. The molecule has 1 aliphatic rings. The van der Waals surface area contributed by atoms with E-state index in [-0.39, 0.29) is 29.6 Å². The number of carbonyl (C=O) groups excluding carboxylic acids is 3. The van der Waals surface area contributed by atoms with E-state index in [1.54, 1.807) is 4.90 Å². The second kappa shape index (κ2) is 10.4. The van der Waals surface area contributed by atoms with Crippen LogP contribution in [0.4, 0.5) is 0 Å². The van der Waals surface area contributed by atoms with Gasteiger partial charge in [-0.15, -0.1) is 0 Å². The molecule has 6 nitrogen and oxygen atoms in total. The largest absolute Gasteiger partial charge is 0.344 e. The number of rotatable bonds is 8. The van der Waals surface area contributed by atoms with Crippen LogP contribution in [0.1, 0.15) is 60.3 Å². The zero-order valence-electron chi connectivity index (χ0n) is 16.5. The third kappa shape index (κ3) is 6.33. The highest BCUT2D eigenvalue weighted by Gasteiger charge is 2.35. The van der Waals surface area contributed by atoms with E-state index in [1.165, 1.54) is 0 Å². The SMILES string of the molecule is CCC(=O)N1CCC([C@@H](NC(=O)CC(C)C)C(=O)N(CC)CC)CC1. The Hall–Kier alpha value is -1.59. The van der Waals surface area contributed by atoms with Gasteiger partial charge in [0.25, 0.3) is 0 Å². The molecule has 0 bridgehead atoms. The van der Waals surface area contributed by atoms with Gasteiger partial charge in [0.05, 0.1) is 0 Å². The summed E-state index contributed by atoms with van der Waals surface area (Å²) in [6.07, 6.45) is 2.45. The van der Waals surface area contributed by atoms with Gasteiger partial charge in [0.2, 0.25) is 17.7 Å². The van der Waals surface area contributed by atoms with E-state index in [0.29, 0.717) is 39.0 Å². The third-order valence-electron chi connectivity index (χ3n) is 4.92. The van der Waals surface area contributed by atoms with Gasteiger partial charge >= 0.3 is 0 Å². The molecule has 1 aliphatic heterocycles. The summed E-state index contributed by atoms with van der Waals surface area (Å²) in [6, 6.07) is -0.481. The molecule has 1 fully saturated rings. The molecule has 0 aromatic heterocycles. The standard InChI is InChI=1S/C19H35N3O3/c1-6-17(24)22-11-9-15(10-12-22)18(19(25)21(7-2)8-3)20-16(23)13-14(4)5/h14-15,18H,6-13H2,1-5H3,(H,20,23)/t18-/m1/s1. The molecule has 0 radical (unpaired) electrons.